The Kier molecular flexibility index (Phi) is 4.26. The molecule has 98 valence electrons. The second-order valence-electron chi connectivity index (χ2n) is 5.09. The molecule has 0 aliphatic carbocycles. The Morgan fingerprint density at radius 2 is 2.06 bits per heavy atom. The molecular weight excluding hydrogens is 226 g/mol. The first-order valence-electron chi connectivity index (χ1n) is 6.57. The van der Waals surface area contributed by atoms with Crippen LogP contribution in [0.2, 0.25) is 0 Å². The van der Waals surface area contributed by atoms with Gasteiger partial charge in [-0.1, -0.05) is 26.3 Å². The van der Waals surface area contributed by atoms with Crippen molar-refractivity contribution < 1.29 is 9.84 Å². The molecule has 1 aromatic heterocycles. The molecule has 3 heteroatoms. The number of aliphatic hydroxyl groups is 1. The van der Waals surface area contributed by atoms with Gasteiger partial charge in [0.25, 0.3) is 0 Å². The van der Waals surface area contributed by atoms with Crippen molar-refractivity contribution in [2.24, 2.45) is 5.92 Å². The van der Waals surface area contributed by atoms with Crippen molar-refractivity contribution in [1.29, 1.82) is 0 Å². The number of nitrogens with one attached hydrogen (secondary N) is 1. The molecule has 2 rings (SSSR count). The molecule has 0 amide bonds. The van der Waals surface area contributed by atoms with Gasteiger partial charge in [0.2, 0.25) is 0 Å². The van der Waals surface area contributed by atoms with E-state index in [1.165, 1.54) is 0 Å². The van der Waals surface area contributed by atoms with E-state index < -0.39 is 6.29 Å². The third kappa shape index (κ3) is 3.26. The first-order valence-corrected chi connectivity index (χ1v) is 6.57. The van der Waals surface area contributed by atoms with Crippen LogP contribution in [0.25, 0.3) is 10.9 Å². The van der Waals surface area contributed by atoms with E-state index in [4.69, 9.17) is 4.74 Å². The smallest absolute Gasteiger partial charge is 0.197 e. The summed E-state index contributed by atoms with van der Waals surface area (Å²) in [4.78, 5) is 3.13. The summed E-state index contributed by atoms with van der Waals surface area (Å²) < 4.78 is 5.60. The van der Waals surface area contributed by atoms with Crippen LogP contribution in [-0.2, 0) is 0 Å². The molecule has 0 saturated carbocycles. The number of ether oxygens (including phenoxy) is 1. The van der Waals surface area contributed by atoms with Gasteiger partial charge in [-0.25, -0.2) is 0 Å². The van der Waals surface area contributed by atoms with Crippen LogP contribution in [-0.4, -0.2) is 16.4 Å². The summed E-state index contributed by atoms with van der Waals surface area (Å²) in [5.74, 6) is 1.41. The predicted octanol–water partition coefficient (Wildman–Crippen LogP) is 3.69. The molecule has 0 fully saturated rings. The Bertz CT molecular complexity index is 490. The van der Waals surface area contributed by atoms with Gasteiger partial charge >= 0.3 is 0 Å². The van der Waals surface area contributed by atoms with Crippen LogP contribution in [0.5, 0.6) is 5.75 Å². The van der Waals surface area contributed by atoms with Crippen LogP contribution in [0, 0.1) is 5.92 Å². The molecule has 18 heavy (non-hydrogen) atoms. The van der Waals surface area contributed by atoms with Gasteiger partial charge in [-0.15, -0.1) is 0 Å². The Labute approximate surface area is 108 Å². The topological polar surface area (TPSA) is 45.2 Å². The van der Waals surface area contributed by atoms with Crippen LogP contribution < -0.4 is 4.74 Å². The fourth-order valence-corrected chi connectivity index (χ4v) is 2.07. The van der Waals surface area contributed by atoms with Gasteiger partial charge in [-0.3, -0.25) is 0 Å². The second kappa shape index (κ2) is 5.91. The van der Waals surface area contributed by atoms with E-state index in [2.05, 4.69) is 18.8 Å². The summed E-state index contributed by atoms with van der Waals surface area (Å²) >= 11 is 0. The minimum Gasteiger partial charge on any atom is -0.464 e. The average molecular weight is 247 g/mol. The van der Waals surface area contributed by atoms with E-state index in [0.29, 0.717) is 12.3 Å². The third-order valence-corrected chi connectivity index (χ3v) is 3.05. The highest BCUT2D eigenvalue weighted by Gasteiger charge is 2.09. The SMILES string of the molecule is CC(C)CCCC(O)Oc1cccc2[nH]ccc12. The van der Waals surface area contributed by atoms with Crippen LogP contribution in [0.1, 0.15) is 33.1 Å². The van der Waals surface area contributed by atoms with Gasteiger partial charge in [0.05, 0.1) is 0 Å². The molecule has 2 aromatic rings. The second-order valence-corrected chi connectivity index (χ2v) is 5.09. The summed E-state index contributed by atoms with van der Waals surface area (Å²) in [7, 11) is 0. The van der Waals surface area contributed by atoms with Crippen molar-refractivity contribution in [3.63, 3.8) is 0 Å². The maximum Gasteiger partial charge on any atom is 0.197 e. The van der Waals surface area contributed by atoms with Crippen molar-refractivity contribution in [3.05, 3.63) is 30.5 Å². The zero-order valence-corrected chi connectivity index (χ0v) is 11.0. The van der Waals surface area contributed by atoms with Crippen LogP contribution >= 0.6 is 0 Å². The van der Waals surface area contributed by atoms with E-state index in [-0.39, 0.29) is 0 Å². The zero-order valence-electron chi connectivity index (χ0n) is 11.0. The van der Waals surface area contributed by atoms with Crippen LogP contribution in [0.4, 0.5) is 0 Å². The Balaban J connectivity index is 1.94. The average Bonchev–Trinajstić information content (AvgIpc) is 2.77. The first kappa shape index (κ1) is 13.0. The number of hydrogen-bond donors (Lipinski definition) is 2. The van der Waals surface area contributed by atoms with Crippen molar-refractivity contribution in [2.45, 2.75) is 39.4 Å². The quantitative estimate of drug-likeness (QED) is 0.765. The van der Waals surface area contributed by atoms with E-state index in [9.17, 15) is 5.11 Å². The van der Waals surface area contributed by atoms with Gasteiger partial charge in [-0.2, -0.15) is 0 Å². The molecule has 1 heterocycles. The standard InChI is InChI=1S/C15H21NO2/c1-11(2)5-3-8-15(17)18-14-7-4-6-13-12(14)9-10-16-13/h4,6-7,9-11,15-17H,3,5,8H2,1-2H3. The molecule has 0 radical (unpaired) electrons. The lowest BCUT2D eigenvalue weighted by Gasteiger charge is -2.14. The molecule has 1 atom stereocenters. The molecule has 0 bridgehead atoms. The number of hydrogen-bond acceptors (Lipinski definition) is 2. The summed E-state index contributed by atoms with van der Waals surface area (Å²) in [5, 5.41) is 10.9. The van der Waals surface area contributed by atoms with Crippen molar-refractivity contribution in [2.75, 3.05) is 0 Å². The summed E-state index contributed by atoms with van der Waals surface area (Å²) in [5.41, 5.74) is 1.03. The number of benzene rings is 1. The highest BCUT2D eigenvalue weighted by molar-refractivity contribution is 5.85. The van der Waals surface area contributed by atoms with Gasteiger partial charge in [0.15, 0.2) is 6.29 Å². The molecular formula is C15H21NO2. The predicted molar refractivity (Wildman–Crippen MR) is 73.6 cm³/mol. The summed E-state index contributed by atoms with van der Waals surface area (Å²) in [6, 6.07) is 7.77. The first-order chi connectivity index (χ1) is 8.66. The largest absolute Gasteiger partial charge is 0.464 e. The van der Waals surface area contributed by atoms with Gasteiger partial charge in [0.1, 0.15) is 5.75 Å². The normalized spacial score (nSPS) is 13.1. The van der Waals surface area contributed by atoms with Gasteiger partial charge in [0, 0.05) is 23.5 Å². The Morgan fingerprint density at radius 1 is 1.22 bits per heavy atom. The lowest BCUT2D eigenvalue weighted by molar-refractivity contribution is -0.0239. The summed E-state index contributed by atoms with van der Waals surface area (Å²) in [6.45, 7) is 4.38. The van der Waals surface area contributed by atoms with E-state index in [1.54, 1.807) is 0 Å². The Morgan fingerprint density at radius 3 is 2.83 bits per heavy atom. The number of aromatic amines is 1. The van der Waals surface area contributed by atoms with E-state index >= 15 is 0 Å². The fourth-order valence-electron chi connectivity index (χ4n) is 2.07. The third-order valence-electron chi connectivity index (χ3n) is 3.05. The molecule has 0 aliphatic heterocycles. The zero-order chi connectivity index (χ0) is 13.0. The van der Waals surface area contributed by atoms with Gasteiger partial charge < -0.3 is 14.8 Å². The monoisotopic (exact) mass is 247 g/mol. The van der Waals surface area contributed by atoms with Crippen molar-refractivity contribution in [3.8, 4) is 5.75 Å². The van der Waals surface area contributed by atoms with Crippen molar-refractivity contribution >= 4 is 10.9 Å². The minimum atomic E-state index is -0.718. The number of aromatic nitrogens is 1. The molecule has 0 spiro atoms. The molecule has 3 nitrogen and oxygen atoms in total. The number of rotatable bonds is 6. The number of fused-ring (bicyclic) bond motifs is 1. The Hall–Kier alpha value is -1.48. The van der Waals surface area contributed by atoms with Crippen molar-refractivity contribution in [1.82, 2.24) is 4.98 Å². The molecule has 2 N–H and O–H groups in total. The maximum atomic E-state index is 9.88. The minimum absolute atomic E-state index is 0.672. The summed E-state index contributed by atoms with van der Waals surface area (Å²) in [6.07, 6.45) is 3.95. The lowest BCUT2D eigenvalue weighted by Crippen LogP contribution is -2.15. The van der Waals surface area contributed by atoms with E-state index in [1.807, 2.05) is 30.5 Å². The van der Waals surface area contributed by atoms with Gasteiger partial charge in [-0.05, 0) is 30.5 Å². The molecule has 0 saturated heterocycles. The maximum absolute atomic E-state index is 9.88. The van der Waals surface area contributed by atoms with Crippen LogP contribution in [0.3, 0.4) is 0 Å². The highest BCUT2D eigenvalue weighted by atomic mass is 16.6. The fraction of sp³-hybridized carbons (Fsp3) is 0.467. The van der Waals surface area contributed by atoms with E-state index in [0.717, 1.165) is 29.5 Å². The van der Waals surface area contributed by atoms with Crippen LogP contribution in [0.15, 0.2) is 30.5 Å². The lowest BCUT2D eigenvalue weighted by atomic mass is 10.1. The molecule has 0 aliphatic rings. The highest BCUT2D eigenvalue weighted by Crippen LogP contribution is 2.25. The number of aliphatic hydroxyl groups excluding tert-OH is 1. The molecule has 1 unspecified atom stereocenters. The number of H-pyrrole nitrogens is 1. The molecule has 1 aromatic carbocycles.